The molecule has 31 heavy (non-hydrogen) atoms. The van der Waals surface area contributed by atoms with Gasteiger partial charge in [0.15, 0.2) is 5.65 Å². The predicted octanol–water partition coefficient (Wildman–Crippen LogP) is 3.57. The fourth-order valence-electron chi connectivity index (χ4n) is 5.16. The van der Waals surface area contributed by atoms with E-state index in [1.165, 1.54) is 32.1 Å². The normalized spacial score (nSPS) is 19.9. The van der Waals surface area contributed by atoms with Gasteiger partial charge in [-0.2, -0.15) is 0 Å². The summed E-state index contributed by atoms with van der Waals surface area (Å²) in [6, 6.07) is 7.52. The Hall–Kier alpha value is -2.96. The molecule has 5 rings (SSSR count). The molecule has 3 aromatic heterocycles. The number of hydrogen-bond donors (Lipinski definition) is 0. The molecule has 2 fully saturated rings. The first-order valence-corrected chi connectivity index (χ1v) is 11.4. The van der Waals surface area contributed by atoms with E-state index in [4.69, 9.17) is 0 Å². The van der Waals surface area contributed by atoms with Crippen molar-refractivity contribution in [2.75, 3.05) is 13.1 Å². The molecule has 162 valence electrons. The lowest BCUT2D eigenvalue weighted by molar-refractivity contribution is 0.0787. The van der Waals surface area contributed by atoms with Gasteiger partial charge in [-0.1, -0.05) is 19.3 Å². The molecule has 0 N–H and O–H groups in total. The largest absolute Gasteiger partial charge is 0.336 e. The van der Waals surface area contributed by atoms with Crippen LogP contribution in [-0.2, 0) is 6.54 Å². The molecule has 0 bridgehead atoms. The summed E-state index contributed by atoms with van der Waals surface area (Å²) in [4.78, 5) is 37.1. The average Bonchev–Trinajstić information content (AvgIpc) is 3.38. The molecule has 3 aromatic rings. The van der Waals surface area contributed by atoms with Gasteiger partial charge in [-0.05, 0) is 56.4 Å². The van der Waals surface area contributed by atoms with Crippen molar-refractivity contribution in [2.45, 2.75) is 58.0 Å². The zero-order valence-corrected chi connectivity index (χ0v) is 18.0. The second-order valence-corrected chi connectivity index (χ2v) is 9.00. The Bertz CT molecular complexity index is 1140. The summed E-state index contributed by atoms with van der Waals surface area (Å²) >= 11 is 0. The van der Waals surface area contributed by atoms with Crippen LogP contribution >= 0.6 is 0 Å². The van der Waals surface area contributed by atoms with E-state index in [0.29, 0.717) is 24.6 Å². The van der Waals surface area contributed by atoms with Gasteiger partial charge in [-0.3, -0.25) is 18.9 Å². The lowest BCUT2D eigenvalue weighted by atomic mass is 9.89. The standard InChI is InChI=1S/C24H29N5O2/c1-17-9-10-19(14-26-17)23(30)27-13-11-20(16-27)29-22-21(8-5-12-25-22)28(24(29)31)15-18-6-3-2-4-7-18/h5,8-10,12,14,18,20H,2-4,6-7,11,13,15-16H2,1H3. The maximum atomic E-state index is 13.5. The first-order valence-electron chi connectivity index (χ1n) is 11.4. The zero-order chi connectivity index (χ0) is 21.4. The highest BCUT2D eigenvalue weighted by Crippen LogP contribution is 2.28. The Morgan fingerprint density at radius 2 is 1.94 bits per heavy atom. The van der Waals surface area contributed by atoms with Gasteiger partial charge in [0, 0.05) is 37.7 Å². The third-order valence-corrected chi connectivity index (χ3v) is 6.86. The van der Waals surface area contributed by atoms with Gasteiger partial charge in [0.1, 0.15) is 0 Å². The minimum atomic E-state index is -0.0557. The highest BCUT2D eigenvalue weighted by molar-refractivity contribution is 5.94. The third kappa shape index (κ3) is 3.77. The first-order chi connectivity index (χ1) is 15.1. The topological polar surface area (TPSA) is 73.0 Å². The van der Waals surface area contributed by atoms with Crippen LogP contribution in [0.2, 0.25) is 0 Å². The van der Waals surface area contributed by atoms with E-state index in [-0.39, 0.29) is 17.6 Å². The molecule has 2 aliphatic rings. The molecule has 1 saturated heterocycles. The Kier molecular flexibility index (Phi) is 5.34. The highest BCUT2D eigenvalue weighted by atomic mass is 16.2. The summed E-state index contributed by atoms with van der Waals surface area (Å²) in [6.07, 6.45) is 10.3. The van der Waals surface area contributed by atoms with Crippen molar-refractivity contribution in [3.05, 3.63) is 58.4 Å². The number of likely N-dealkylation sites (tertiary alicyclic amines) is 1. The SMILES string of the molecule is Cc1ccc(C(=O)N2CCC(n3c(=O)n(CC4CCCCC4)c4cccnc43)C2)cn1. The number of carbonyl (C=O) groups is 1. The van der Waals surface area contributed by atoms with E-state index >= 15 is 0 Å². The van der Waals surface area contributed by atoms with Gasteiger partial charge in [-0.25, -0.2) is 9.78 Å². The Morgan fingerprint density at radius 3 is 2.71 bits per heavy atom. The smallest absolute Gasteiger partial charge is 0.330 e. The van der Waals surface area contributed by atoms with Crippen LogP contribution in [0, 0.1) is 12.8 Å². The fraction of sp³-hybridized carbons (Fsp3) is 0.500. The van der Waals surface area contributed by atoms with Gasteiger partial charge >= 0.3 is 5.69 Å². The van der Waals surface area contributed by atoms with Crippen LogP contribution in [0.15, 0.2) is 41.5 Å². The van der Waals surface area contributed by atoms with Gasteiger partial charge in [0.2, 0.25) is 0 Å². The second kappa shape index (κ2) is 8.29. The van der Waals surface area contributed by atoms with Crippen LogP contribution in [0.25, 0.3) is 11.2 Å². The van der Waals surface area contributed by atoms with Crippen LogP contribution in [-0.4, -0.2) is 43.0 Å². The van der Waals surface area contributed by atoms with E-state index < -0.39 is 0 Å². The maximum Gasteiger partial charge on any atom is 0.330 e. The minimum absolute atomic E-state index is 0.00979. The average molecular weight is 420 g/mol. The summed E-state index contributed by atoms with van der Waals surface area (Å²) in [7, 11) is 0. The molecule has 7 heteroatoms. The molecule has 4 heterocycles. The van der Waals surface area contributed by atoms with Crippen molar-refractivity contribution in [1.29, 1.82) is 0 Å². The van der Waals surface area contributed by atoms with Crippen LogP contribution in [0.5, 0.6) is 0 Å². The molecule has 0 radical (unpaired) electrons. The molecule has 1 unspecified atom stereocenters. The van der Waals surface area contributed by atoms with Crippen molar-refractivity contribution in [1.82, 2.24) is 24.0 Å². The molecule has 1 saturated carbocycles. The van der Waals surface area contributed by atoms with Crippen LogP contribution in [0.1, 0.15) is 60.6 Å². The van der Waals surface area contributed by atoms with Crippen LogP contribution < -0.4 is 5.69 Å². The third-order valence-electron chi connectivity index (χ3n) is 6.86. The fourth-order valence-corrected chi connectivity index (χ4v) is 5.16. The molecule has 0 spiro atoms. The number of carbonyl (C=O) groups excluding carboxylic acids is 1. The van der Waals surface area contributed by atoms with E-state index in [1.807, 2.05) is 45.2 Å². The van der Waals surface area contributed by atoms with Crippen molar-refractivity contribution in [3.63, 3.8) is 0 Å². The van der Waals surface area contributed by atoms with E-state index in [9.17, 15) is 9.59 Å². The molecule has 1 amide bonds. The first kappa shape index (κ1) is 20.0. The molecular weight excluding hydrogens is 390 g/mol. The number of aromatic nitrogens is 4. The Labute approximate surface area is 181 Å². The quantitative estimate of drug-likeness (QED) is 0.648. The number of imidazole rings is 1. The molecular formula is C24H29N5O2. The summed E-state index contributed by atoms with van der Waals surface area (Å²) in [5.41, 5.74) is 3.14. The van der Waals surface area contributed by atoms with Gasteiger partial charge in [-0.15, -0.1) is 0 Å². The number of fused-ring (bicyclic) bond motifs is 1. The Balaban J connectivity index is 1.42. The van der Waals surface area contributed by atoms with E-state index in [0.717, 1.165) is 29.8 Å². The van der Waals surface area contributed by atoms with Gasteiger partial charge in [0.05, 0.1) is 17.1 Å². The lowest BCUT2D eigenvalue weighted by Crippen LogP contribution is -2.33. The number of pyridine rings is 2. The summed E-state index contributed by atoms with van der Waals surface area (Å²) in [5.74, 6) is 0.531. The van der Waals surface area contributed by atoms with E-state index in [1.54, 1.807) is 12.4 Å². The van der Waals surface area contributed by atoms with Crippen molar-refractivity contribution >= 4 is 17.1 Å². The molecule has 1 aliphatic carbocycles. The number of hydrogen-bond acceptors (Lipinski definition) is 4. The van der Waals surface area contributed by atoms with Gasteiger partial charge < -0.3 is 4.90 Å². The van der Waals surface area contributed by atoms with Gasteiger partial charge in [0.25, 0.3) is 5.91 Å². The minimum Gasteiger partial charge on any atom is -0.336 e. The molecule has 0 aromatic carbocycles. The number of nitrogens with zero attached hydrogens (tertiary/aromatic N) is 5. The summed E-state index contributed by atoms with van der Waals surface area (Å²) in [5, 5.41) is 0. The molecule has 7 nitrogen and oxygen atoms in total. The van der Waals surface area contributed by atoms with Crippen molar-refractivity contribution in [3.8, 4) is 0 Å². The Morgan fingerprint density at radius 1 is 1.10 bits per heavy atom. The van der Waals surface area contributed by atoms with Crippen LogP contribution in [0.3, 0.4) is 0 Å². The number of amides is 1. The predicted molar refractivity (Wildman–Crippen MR) is 119 cm³/mol. The summed E-state index contributed by atoms with van der Waals surface area (Å²) in [6.45, 7) is 3.82. The zero-order valence-electron chi connectivity index (χ0n) is 18.0. The highest BCUT2D eigenvalue weighted by Gasteiger charge is 2.32. The number of rotatable bonds is 4. The van der Waals surface area contributed by atoms with Crippen molar-refractivity contribution < 1.29 is 4.79 Å². The monoisotopic (exact) mass is 419 g/mol. The maximum absolute atomic E-state index is 13.5. The summed E-state index contributed by atoms with van der Waals surface area (Å²) < 4.78 is 3.76. The van der Waals surface area contributed by atoms with Crippen LogP contribution in [0.4, 0.5) is 0 Å². The number of aryl methyl sites for hydroxylation is 1. The lowest BCUT2D eigenvalue weighted by Gasteiger charge is -2.21. The van der Waals surface area contributed by atoms with Crippen molar-refractivity contribution in [2.24, 2.45) is 5.92 Å². The molecule has 1 aliphatic heterocycles. The van der Waals surface area contributed by atoms with E-state index in [2.05, 4.69) is 9.97 Å². The second-order valence-electron chi connectivity index (χ2n) is 9.00. The molecule has 1 atom stereocenters.